The number of fused-ring (bicyclic) bond motifs is 1. The second kappa shape index (κ2) is 9.46. The Hall–Kier alpha value is -3.30. The van der Waals surface area contributed by atoms with Crippen LogP contribution < -0.4 is 14.4 Å². The van der Waals surface area contributed by atoms with Crippen molar-refractivity contribution in [1.29, 1.82) is 0 Å². The summed E-state index contributed by atoms with van der Waals surface area (Å²) in [6.45, 7) is 0.394. The fourth-order valence-corrected chi connectivity index (χ4v) is 5.67. The van der Waals surface area contributed by atoms with Crippen LogP contribution in [0.1, 0.15) is 5.56 Å². The quantitative estimate of drug-likeness (QED) is 0.390. The Kier molecular flexibility index (Phi) is 6.48. The lowest BCUT2D eigenvalue weighted by atomic mass is 10.1. The zero-order chi connectivity index (χ0) is 22.6. The first-order chi connectivity index (χ1) is 15.4. The first-order valence-corrected chi connectivity index (χ1v) is 12.3. The number of amides is 1. The molecule has 0 radical (unpaired) electrons. The maximum absolute atomic E-state index is 12.6. The molecule has 166 valence electrons. The molecule has 0 aliphatic rings. The van der Waals surface area contributed by atoms with Crippen LogP contribution in [0.4, 0.5) is 5.69 Å². The molecule has 2 aromatic heterocycles. The second-order valence-corrected chi connectivity index (χ2v) is 10.3. The Bertz CT molecular complexity index is 1300. The van der Waals surface area contributed by atoms with E-state index >= 15 is 0 Å². The summed E-state index contributed by atoms with van der Waals surface area (Å²) in [5.41, 5.74) is 2.74. The van der Waals surface area contributed by atoms with E-state index in [-0.39, 0.29) is 16.7 Å². The predicted octanol–water partition coefficient (Wildman–Crippen LogP) is 3.79. The van der Waals surface area contributed by atoms with Crippen LogP contribution in [-0.4, -0.2) is 39.5 Å². The molecule has 0 spiro atoms. The number of carbonyl (C=O) groups is 1. The van der Waals surface area contributed by atoms with E-state index in [1.807, 2.05) is 24.4 Å². The van der Waals surface area contributed by atoms with Crippen LogP contribution in [0.2, 0.25) is 0 Å². The van der Waals surface area contributed by atoms with Gasteiger partial charge in [0.2, 0.25) is 0 Å². The highest BCUT2D eigenvalue weighted by molar-refractivity contribution is 7.94. The number of thiophene rings is 1. The monoisotopic (exact) mass is 469 g/mol. The van der Waals surface area contributed by atoms with Crippen molar-refractivity contribution >= 4 is 43.9 Å². The molecule has 2 heterocycles. The highest BCUT2D eigenvalue weighted by Crippen LogP contribution is 2.26. The smallest absolute Gasteiger partial charge is 0.273 e. The summed E-state index contributed by atoms with van der Waals surface area (Å²) in [5, 5.41) is 5.74. The topological polar surface area (TPSA) is 91.5 Å². The second-order valence-electron chi connectivity index (χ2n) is 7.15. The number of hydrogen-bond donors (Lipinski definition) is 2. The average Bonchev–Trinajstić information content (AvgIpc) is 3.49. The fourth-order valence-electron chi connectivity index (χ4n) is 3.31. The Labute approximate surface area is 190 Å². The number of H-pyrrole nitrogens is 1. The van der Waals surface area contributed by atoms with E-state index in [4.69, 9.17) is 4.74 Å². The van der Waals surface area contributed by atoms with Crippen molar-refractivity contribution in [1.82, 2.24) is 10.3 Å². The zero-order valence-corrected chi connectivity index (χ0v) is 19.1. The number of sulfonamides is 1. The molecule has 0 unspecified atom stereocenters. The lowest BCUT2D eigenvalue weighted by Gasteiger charge is -2.18. The normalized spacial score (nSPS) is 11.4. The molecule has 4 rings (SSSR count). The Morgan fingerprint density at radius 2 is 1.88 bits per heavy atom. The minimum atomic E-state index is -3.59. The van der Waals surface area contributed by atoms with E-state index < -0.39 is 10.0 Å². The van der Waals surface area contributed by atoms with Crippen LogP contribution in [0.15, 0.2) is 76.4 Å². The fraction of sp³-hybridized carbons (Fsp3) is 0.174. The van der Waals surface area contributed by atoms with E-state index in [1.54, 1.807) is 41.8 Å². The molecular formula is C23H23N3O4S2. The van der Waals surface area contributed by atoms with Crippen molar-refractivity contribution in [2.75, 3.05) is 24.5 Å². The molecule has 2 aromatic carbocycles. The zero-order valence-electron chi connectivity index (χ0n) is 17.4. The summed E-state index contributed by atoms with van der Waals surface area (Å²) < 4.78 is 32.2. The summed E-state index contributed by atoms with van der Waals surface area (Å²) in [7, 11) is -2.08. The number of benzene rings is 2. The minimum absolute atomic E-state index is 0.115. The van der Waals surface area contributed by atoms with Gasteiger partial charge < -0.3 is 15.0 Å². The molecule has 2 N–H and O–H groups in total. The van der Waals surface area contributed by atoms with Gasteiger partial charge in [0.15, 0.2) is 6.61 Å². The maximum atomic E-state index is 12.6. The van der Waals surface area contributed by atoms with E-state index in [9.17, 15) is 13.2 Å². The number of aromatic amines is 1. The molecule has 0 bridgehead atoms. The van der Waals surface area contributed by atoms with Gasteiger partial charge in [-0.3, -0.25) is 9.10 Å². The summed E-state index contributed by atoms with van der Waals surface area (Å²) in [4.78, 5) is 15.3. The molecule has 0 aliphatic heterocycles. The first kappa shape index (κ1) is 21.9. The van der Waals surface area contributed by atoms with Gasteiger partial charge in [-0.25, -0.2) is 8.42 Å². The van der Waals surface area contributed by atoms with Crippen LogP contribution in [0, 0.1) is 0 Å². The Morgan fingerprint density at radius 1 is 1.09 bits per heavy atom. The van der Waals surface area contributed by atoms with Crippen LogP contribution in [0.25, 0.3) is 10.9 Å². The highest BCUT2D eigenvalue weighted by Gasteiger charge is 2.22. The van der Waals surface area contributed by atoms with Crippen molar-refractivity contribution < 1.29 is 17.9 Å². The number of rotatable bonds is 9. The predicted molar refractivity (Wildman–Crippen MR) is 127 cm³/mol. The Morgan fingerprint density at radius 3 is 2.62 bits per heavy atom. The van der Waals surface area contributed by atoms with Crippen molar-refractivity contribution in [3.63, 3.8) is 0 Å². The van der Waals surface area contributed by atoms with E-state index in [0.717, 1.165) is 22.9 Å². The Balaban J connectivity index is 1.26. The van der Waals surface area contributed by atoms with Crippen molar-refractivity contribution in [2.45, 2.75) is 10.6 Å². The maximum Gasteiger partial charge on any atom is 0.273 e. The number of hydrogen-bond acceptors (Lipinski definition) is 5. The molecule has 0 saturated carbocycles. The summed E-state index contributed by atoms with van der Waals surface area (Å²) >= 11 is 1.17. The molecule has 0 fully saturated rings. The van der Waals surface area contributed by atoms with Crippen molar-refractivity contribution in [3.05, 3.63) is 77.8 Å². The van der Waals surface area contributed by atoms with Crippen LogP contribution in [0.5, 0.6) is 5.75 Å². The third kappa shape index (κ3) is 4.79. The molecule has 9 heteroatoms. The number of aromatic nitrogens is 1. The molecule has 0 aliphatic carbocycles. The standard InChI is InChI=1S/C23H23N3O4S2/c1-26(32(28,29)23-7-4-14-31-23)18-8-10-19(11-9-18)30-16-22(27)24-13-12-17-15-25-21-6-3-2-5-20(17)21/h2-11,14-15,25H,12-13,16H2,1H3,(H,24,27). The van der Waals surface area contributed by atoms with Gasteiger partial charge >= 0.3 is 0 Å². The van der Waals surface area contributed by atoms with E-state index in [0.29, 0.717) is 18.0 Å². The van der Waals surface area contributed by atoms with Gasteiger partial charge in [0.1, 0.15) is 9.96 Å². The van der Waals surface area contributed by atoms with E-state index in [1.165, 1.54) is 22.7 Å². The molecule has 32 heavy (non-hydrogen) atoms. The van der Waals surface area contributed by atoms with Gasteiger partial charge in [0.05, 0.1) is 5.69 Å². The number of anilines is 1. The number of nitrogens with one attached hydrogen (secondary N) is 2. The van der Waals surface area contributed by atoms with Gasteiger partial charge in [0.25, 0.3) is 15.9 Å². The third-order valence-electron chi connectivity index (χ3n) is 5.07. The summed E-state index contributed by atoms with van der Waals surface area (Å²) in [6.07, 6.45) is 2.68. The number of nitrogens with zero attached hydrogens (tertiary/aromatic N) is 1. The third-order valence-corrected chi connectivity index (χ3v) is 8.23. The lowest BCUT2D eigenvalue weighted by Crippen LogP contribution is -2.30. The molecule has 4 aromatic rings. The average molecular weight is 470 g/mol. The highest BCUT2D eigenvalue weighted by atomic mass is 32.2. The van der Waals surface area contributed by atoms with Gasteiger partial charge in [-0.1, -0.05) is 24.3 Å². The van der Waals surface area contributed by atoms with Gasteiger partial charge in [0, 0.05) is 30.7 Å². The number of para-hydroxylation sites is 1. The van der Waals surface area contributed by atoms with Gasteiger partial charge in [-0.2, -0.15) is 0 Å². The van der Waals surface area contributed by atoms with Gasteiger partial charge in [-0.05, 0) is 53.8 Å². The molecule has 0 saturated heterocycles. The van der Waals surface area contributed by atoms with Crippen LogP contribution in [-0.2, 0) is 21.2 Å². The lowest BCUT2D eigenvalue weighted by molar-refractivity contribution is -0.123. The van der Waals surface area contributed by atoms with E-state index in [2.05, 4.69) is 16.4 Å². The van der Waals surface area contributed by atoms with Crippen LogP contribution >= 0.6 is 11.3 Å². The van der Waals surface area contributed by atoms with Gasteiger partial charge in [-0.15, -0.1) is 11.3 Å². The minimum Gasteiger partial charge on any atom is -0.484 e. The molecule has 0 atom stereocenters. The van der Waals surface area contributed by atoms with Crippen molar-refractivity contribution in [3.8, 4) is 5.75 Å². The molecule has 1 amide bonds. The van der Waals surface area contributed by atoms with Crippen LogP contribution in [0.3, 0.4) is 0 Å². The largest absolute Gasteiger partial charge is 0.484 e. The molecule has 7 nitrogen and oxygen atoms in total. The number of carbonyl (C=O) groups excluding carboxylic acids is 1. The summed E-state index contributed by atoms with van der Waals surface area (Å²) in [6, 6.07) is 17.9. The SMILES string of the molecule is CN(c1ccc(OCC(=O)NCCc2c[nH]c3ccccc23)cc1)S(=O)(=O)c1cccs1. The summed E-state index contributed by atoms with van der Waals surface area (Å²) in [5.74, 6) is 0.272. The molecular weight excluding hydrogens is 446 g/mol. The van der Waals surface area contributed by atoms with Crippen molar-refractivity contribution in [2.24, 2.45) is 0 Å². The first-order valence-electron chi connectivity index (χ1n) is 10.0. The number of ether oxygens (including phenoxy) is 1.